The number of carbonyl (C=O) groups excluding carboxylic acids is 1. The molecule has 2 rings (SSSR count). The molecule has 88 valence electrons. The van der Waals surface area contributed by atoms with E-state index >= 15 is 0 Å². The van der Waals surface area contributed by atoms with Gasteiger partial charge in [-0.15, -0.1) is 11.3 Å². The summed E-state index contributed by atoms with van der Waals surface area (Å²) in [6.07, 6.45) is 0. The van der Waals surface area contributed by atoms with Crippen LogP contribution in [0.4, 0.5) is 4.39 Å². The number of aryl methyl sites for hydroxylation is 1. The van der Waals surface area contributed by atoms with Gasteiger partial charge in [0.15, 0.2) is 0 Å². The van der Waals surface area contributed by atoms with E-state index in [2.05, 4.69) is 0 Å². The molecule has 0 N–H and O–H groups in total. The fourth-order valence-electron chi connectivity index (χ4n) is 1.60. The highest BCUT2D eigenvalue weighted by Crippen LogP contribution is 2.26. The van der Waals surface area contributed by atoms with E-state index in [0.717, 1.165) is 4.88 Å². The number of hydrogen-bond acceptors (Lipinski definition) is 3. The number of ketones is 1. The van der Waals surface area contributed by atoms with Gasteiger partial charge in [0.25, 0.3) is 0 Å². The number of methoxy groups -OCH3 is 1. The van der Waals surface area contributed by atoms with Crippen LogP contribution in [0.1, 0.15) is 20.8 Å². The lowest BCUT2D eigenvalue weighted by atomic mass is 10.0. The lowest BCUT2D eigenvalue weighted by Crippen LogP contribution is -2.05. The summed E-state index contributed by atoms with van der Waals surface area (Å²) >= 11 is 1.46. The minimum absolute atomic E-state index is 0.00667. The van der Waals surface area contributed by atoms with Gasteiger partial charge in [0.05, 0.1) is 7.11 Å². The normalized spacial score (nSPS) is 10.3. The van der Waals surface area contributed by atoms with Gasteiger partial charge < -0.3 is 4.74 Å². The minimum Gasteiger partial charge on any atom is -0.496 e. The Bertz CT molecular complexity index is 560. The molecular weight excluding hydrogens is 239 g/mol. The van der Waals surface area contributed by atoms with Crippen LogP contribution in [0.15, 0.2) is 29.6 Å². The van der Waals surface area contributed by atoms with E-state index in [1.165, 1.54) is 30.6 Å². The number of thiophene rings is 1. The van der Waals surface area contributed by atoms with Crippen LogP contribution in [0.2, 0.25) is 0 Å². The third kappa shape index (κ3) is 2.22. The number of rotatable bonds is 3. The van der Waals surface area contributed by atoms with Crippen molar-refractivity contribution in [2.75, 3.05) is 7.11 Å². The maximum atomic E-state index is 13.7. The highest BCUT2D eigenvalue weighted by molar-refractivity contribution is 7.10. The zero-order valence-corrected chi connectivity index (χ0v) is 10.3. The molecule has 0 saturated heterocycles. The first kappa shape index (κ1) is 11.8. The van der Waals surface area contributed by atoms with Crippen LogP contribution in [0, 0.1) is 12.7 Å². The summed E-state index contributed by atoms with van der Waals surface area (Å²) in [5, 5.41) is 1.73. The minimum atomic E-state index is -0.557. The summed E-state index contributed by atoms with van der Waals surface area (Å²) in [7, 11) is 1.42. The maximum Gasteiger partial charge on any atom is 0.200 e. The van der Waals surface area contributed by atoms with Crippen LogP contribution in [0.5, 0.6) is 5.75 Å². The number of carbonyl (C=O) groups is 1. The number of benzene rings is 1. The molecule has 17 heavy (non-hydrogen) atoms. The molecule has 0 unspecified atom stereocenters. The van der Waals surface area contributed by atoms with Crippen molar-refractivity contribution >= 4 is 17.1 Å². The Labute approximate surface area is 103 Å². The van der Waals surface area contributed by atoms with Crippen molar-refractivity contribution in [1.29, 1.82) is 0 Å². The summed E-state index contributed by atoms with van der Waals surface area (Å²) in [6.45, 7) is 1.90. The molecule has 0 fully saturated rings. The first-order valence-corrected chi connectivity index (χ1v) is 5.94. The Balaban J connectivity index is 2.50. The average molecular weight is 250 g/mol. The number of ether oxygens (including phenoxy) is 1. The van der Waals surface area contributed by atoms with Crippen LogP contribution in [-0.2, 0) is 0 Å². The van der Waals surface area contributed by atoms with Crippen molar-refractivity contribution in [3.8, 4) is 5.75 Å². The Hall–Kier alpha value is -1.68. The predicted molar refractivity (Wildman–Crippen MR) is 65.4 cm³/mol. The molecular formula is C13H11FO2S. The van der Waals surface area contributed by atoms with E-state index in [0.29, 0.717) is 5.56 Å². The van der Waals surface area contributed by atoms with Crippen molar-refractivity contribution in [2.45, 2.75) is 6.92 Å². The molecule has 2 aromatic rings. The van der Waals surface area contributed by atoms with E-state index < -0.39 is 5.82 Å². The fraction of sp³-hybridized carbons (Fsp3) is 0.154. The standard InChI is InChI=1S/C13H11FO2S/c1-8-6-9(7-17-8)13(15)12-10(14)4-3-5-11(12)16-2/h3-7H,1-2H3. The average Bonchev–Trinajstić information content (AvgIpc) is 2.74. The highest BCUT2D eigenvalue weighted by atomic mass is 32.1. The lowest BCUT2D eigenvalue weighted by Gasteiger charge is -2.07. The van der Waals surface area contributed by atoms with Crippen LogP contribution >= 0.6 is 11.3 Å². The zero-order valence-electron chi connectivity index (χ0n) is 9.49. The molecule has 1 heterocycles. The molecule has 2 nitrogen and oxygen atoms in total. The lowest BCUT2D eigenvalue weighted by molar-refractivity contribution is 0.103. The zero-order chi connectivity index (χ0) is 12.4. The summed E-state index contributed by atoms with van der Waals surface area (Å²) in [5.74, 6) is -0.638. The molecule has 0 aliphatic carbocycles. The summed E-state index contributed by atoms with van der Waals surface area (Å²) < 4.78 is 18.7. The van der Waals surface area contributed by atoms with Gasteiger partial charge in [-0.1, -0.05) is 6.07 Å². The van der Waals surface area contributed by atoms with Crippen molar-refractivity contribution in [3.05, 3.63) is 51.5 Å². The van der Waals surface area contributed by atoms with Crippen molar-refractivity contribution in [3.63, 3.8) is 0 Å². The molecule has 0 amide bonds. The van der Waals surface area contributed by atoms with Gasteiger partial charge in [-0.3, -0.25) is 4.79 Å². The van der Waals surface area contributed by atoms with Gasteiger partial charge in [0, 0.05) is 15.8 Å². The van der Waals surface area contributed by atoms with E-state index in [4.69, 9.17) is 4.74 Å². The number of hydrogen-bond donors (Lipinski definition) is 0. The van der Waals surface area contributed by atoms with Crippen LogP contribution in [0.25, 0.3) is 0 Å². The van der Waals surface area contributed by atoms with Crippen LogP contribution < -0.4 is 4.74 Å². The Morgan fingerprint density at radius 2 is 2.18 bits per heavy atom. The molecule has 0 atom stereocenters. The van der Waals surface area contributed by atoms with Crippen molar-refractivity contribution < 1.29 is 13.9 Å². The van der Waals surface area contributed by atoms with Crippen molar-refractivity contribution in [2.24, 2.45) is 0 Å². The van der Waals surface area contributed by atoms with E-state index in [1.54, 1.807) is 17.5 Å². The summed E-state index contributed by atoms with van der Waals surface area (Å²) in [4.78, 5) is 13.2. The van der Waals surface area contributed by atoms with Crippen molar-refractivity contribution in [1.82, 2.24) is 0 Å². The third-order valence-electron chi connectivity index (χ3n) is 2.42. The molecule has 1 aromatic heterocycles. The van der Waals surface area contributed by atoms with Gasteiger partial charge >= 0.3 is 0 Å². The number of halogens is 1. The van der Waals surface area contributed by atoms with Gasteiger partial charge in [0.1, 0.15) is 17.1 Å². The molecule has 0 bridgehead atoms. The quantitative estimate of drug-likeness (QED) is 0.780. The predicted octanol–water partition coefficient (Wildman–Crippen LogP) is 3.44. The summed E-state index contributed by atoms with van der Waals surface area (Å²) in [5.41, 5.74) is 0.490. The largest absolute Gasteiger partial charge is 0.496 e. The molecule has 1 aromatic carbocycles. The first-order chi connectivity index (χ1) is 8.13. The molecule has 0 spiro atoms. The smallest absolute Gasteiger partial charge is 0.200 e. The monoisotopic (exact) mass is 250 g/mol. The van der Waals surface area contributed by atoms with Crippen LogP contribution in [-0.4, -0.2) is 12.9 Å². The molecule has 4 heteroatoms. The van der Waals surface area contributed by atoms with E-state index in [1.807, 2.05) is 6.92 Å². The van der Waals surface area contributed by atoms with E-state index in [9.17, 15) is 9.18 Å². The maximum absolute atomic E-state index is 13.7. The second-order valence-corrected chi connectivity index (χ2v) is 4.71. The Morgan fingerprint density at radius 1 is 1.41 bits per heavy atom. The SMILES string of the molecule is COc1cccc(F)c1C(=O)c1csc(C)c1. The second-order valence-electron chi connectivity index (χ2n) is 3.59. The molecule has 0 aliphatic heterocycles. The molecule has 0 radical (unpaired) electrons. The summed E-state index contributed by atoms with van der Waals surface area (Å²) in [6, 6.07) is 6.10. The van der Waals surface area contributed by atoms with Crippen LogP contribution in [0.3, 0.4) is 0 Å². The Morgan fingerprint density at radius 3 is 2.76 bits per heavy atom. The first-order valence-electron chi connectivity index (χ1n) is 5.06. The van der Waals surface area contributed by atoms with Gasteiger partial charge in [-0.25, -0.2) is 4.39 Å². The molecule has 0 saturated carbocycles. The van der Waals surface area contributed by atoms with Gasteiger partial charge in [0.2, 0.25) is 5.78 Å². The second kappa shape index (κ2) is 4.67. The highest BCUT2D eigenvalue weighted by Gasteiger charge is 2.19. The third-order valence-corrected chi connectivity index (χ3v) is 3.28. The fourth-order valence-corrected chi connectivity index (χ4v) is 2.28. The topological polar surface area (TPSA) is 26.3 Å². The molecule has 0 aliphatic rings. The van der Waals surface area contributed by atoms with E-state index in [-0.39, 0.29) is 17.1 Å². The Kier molecular flexibility index (Phi) is 3.24. The van der Waals surface area contributed by atoms with Gasteiger partial charge in [-0.2, -0.15) is 0 Å². The van der Waals surface area contributed by atoms with Gasteiger partial charge in [-0.05, 0) is 25.1 Å².